The average Bonchev–Trinajstić information content (AvgIpc) is 2.06. The summed E-state index contributed by atoms with van der Waals surface area (Å²) in [6.45, 7) is 1.82. The van der Waals surface area contributed by atoms with Gasteiger partial charge < -0.3 is 14.4 Å². The van der Waals surface area contributed by atoms with Crippen LogP contribution in [-0.2, 0) is 19.1 Å². The number of nitrogens with zero attached hydrogens (tertiary/aromatic N) is 1. The van der Waals surface area contributed by atoms with Crippen molar-refractivity contribution in [2.75, 3.05) is 13.7 Å². The van der Waals surface area contributed by atoms with E-state index in [0.29, 0.717) is 12.7 Å². The predicted molar refractivity (Wildman–Crippen MR) is 40.3 cm³/mol. The van der Waals surface area contributed by atoms with Crippen LogP contribution < -0.4 is 0 Å². The number of ether oxygens (including phenoxy) is 1. The maximum absolute atomic E-state index is 10.9. The molecule has 12 heavy (non-hydrogen) atoms. The quantitative estimate of drug-likeness (QED) is 0.310. The highest BCUT2D eigenvalue weighted by atomic mass is 16.5. The van der Waals surface area contributed by atoms with Crippen LogP contribution in [0.2, 0.25) is 0 Å². The first-order valence-corrected chi connectivity index (χ1v) is 3.46. The molecule has 1 amide bonds. The summed E-state index contributed by atoms with van der Waals surface area (Å²) in [5.74, 6) is -0.706. The lowest BCUT2D eigenvalue weighted by molar-refractivity contribution is -0.152. The third kappa shape index (κ3) is 2.69. The second-order valence-electron chi connectivity index (χ2n) is 2.10. The minimum absolute atomic E-state index is 0.190. The Hall–Kier alpha value is -1.39. The van der Waals surface area contributed by atoms with E-state index in [1.54, 1.807) is 6.92 Å². The van der Waals surface area contributed by atoms with Gasteiger partial charge in [0.25, 0.3) is 0 Å². The van der Waals surface area contributed by atoms with Gasteiger partial charge in [-0.15, -0.1) is 0 Å². The Kier molecular flexibility index (Phi) is 4.67. The second-order valence-corrected chi connectivity index (χ2v) is 2.10. The monoisotopic (exact) mass is 173 g/mol. The fourth-order valence-corrected chi connectivity index (χ4v) is 0.611. The van der Waals surface area contributed by atoms with E-state index in [0.717, 1.165) is 4.90 Å². The van der Waals surface area contributed by atoms with Crippen LogP contribution >= 0.6 is 0 Å². The van der Waals surface area contributed by atoms with E-state index in [1.165, 1.54) is 7.05 Å². The van der Waals surface area contributed by atoms with Gasteiger partial charge >= 0.3 is 5.97 Å². The first kappa shape index (κ1) is 10.6. The first-order chi connectivity index (χ1) is 5.67. The lowest BCUT2D eigenvalue weighted by Crippen LogP contribution is -2.40. The van der Waals surface area contributed by atoms with Crippen molar-refractivity contribution in [3.8, 4) is 0 Å². The molecule has 0 aromatic carbocycles. The van der Waals surface area contributed by atoms with Gasteiger partial charge in [0, 0.05) is 7.05 Å². The van der Waals surface area contributed by atoms with Crippen LogP contribution in [-0.4, -0.2) is 43.3 Å². The molecule has 0 aliphatic rings. The van der Waals surface area contributed by atoms with Crippen molar-refractivity contribution in [2.24, 2.45) is 0 Å². The fourth-order valence-electron chi connectivity index (χ4n) is 0.611. The van der Waals surface area contributed by atoms with Crippen LogP contribution in [0.4, 0.5) is 0 Å². The third-order valence-corrected chi connectivity index (χ3v) is 1.26. The van der Waals surface area contributed by atoms with E-state index < -0.39 is 12.0 Å². The molecule has 0 aromatic rings. The number of aldehydes is 1. The van der Waals surface area contributed by atoms with E-state index in [1.807, 2.05) is 0 Å². The largest absolute Gasteiger partial charge is 0.464 e. The normalized spacial score (nSPS) is 11.5. The molecule has 5 heteroatoms. The van der Waals surface area contributed by atoms with Gasteiger partial charge in [-0.3, -0.25) is 4.79 Å². The topological polar surface area (TPSA) is 63.7 Å². The molecule has 0 radical (unpaired) electrons. The Morgan fingerprint density at radius 1 is 1.58 bits per heavy atom. The van der Waals surface area contributed by atoms with Crippen LogP contribution in [0.15, 0.2) is 0 Å². The van der Waals surface area contributed by atoms with Crippen LogP contribution in [0.25, 0.3) is 0 Å². The number of carbonyl (C=O) groups excluding carboxylic acids is 3. The molecule has 1 unspecified atom stereocenters. The Bertz CT molecular complexity index is 180. The number of esters is 1. The molecule has 0 aromatic heterocycles. The Morgan fingerprint density at radius 2 is 2.17 bits per heavy atom. The molecule has 5 nitrogen and oxygen atoms in total. The summed E-state index contributed by atoms with van der Waals surface area (Å²) in [6, 6.07) is -1.12. The summed E-state index contributed by atoms with van der Waals surface area (Å²) in [7, 11) is 1.34. The molecule has 0 aliphatic carbocycles. The summed E-state index contributed by atoms with van der Waals surface area (Å²) in [5, 5.41) is 0. The number of rotatable bonds is 5. The summed E-state index contributed by atoms with van der Waals surface area (Å²) >= 11 is 0. The number of amides is 1. The van der Waals surface area contributed by atoms with Crippen molar-refractivity contribution in [3.05, 3.63) is 0 Å². The van der Waals surface area contributed by atoms with Crippen LogP contribution in [0.3, 0.4) is 0 Å². The molecule has 68 valence electrons. The summed E-state index contributed by atoms with van der Waals surface area (Å²) < 4.78 is 4.55. The lowest BCUT2D eigenvalue weighted by Gasteiger charge is -2.16. The van der Waals surface area contributed by atoms with Gasteiger partial charge in [-0.2, -0.15) is 0 Å². The number of likely N-dealkylation sites (N-methyl/N-ethyl adjacent to an activating group) is 1. The predicted octanol–water partition coefficient (Wildman–Crippen LogP) is -0.795. The molecule has 0 saturated heterocycles. The smallest absolute Gasteiger partial charge is 0.336 e. The van der Waals surface area contributed by atoms with E-state index in [-0.39, 0.29) is 6.61 Å². The van der Waals surface area contributed by atoms with Crippen LogP contribution in [0.5, 0.6) is 0 Å². The van der Waals surface area contributed by atoms with Gasteiger partial charge in [-0.25, -0.2) is 4.79 Å². The highest BCUT2D eigenvalue weighted by Gasteiger charge is 2.22. The van der Waals surface area contributed by atoms with E-state index >= 15 is 0 Å². The van der Waals surface area contributed by atoms with Gasteiger partial charge in [0.1, 0.15) is 0 Å². The van der Waals surface area contributed by atoms with Crippen molar-refractivity contribution >= 4 is 18.7 Å². The zero-order chi connectivity index (χ0) is 9.56. The molecule has 1 atom stereocenters. The Labute approximate surface area is 70.3 Å². The molecule has 0 heterocycles. The highest BCUT2D eigenvalue weighted by molar-refractivity contribution is 5.93. The molecule has 0 saturated carbocycles. The maximum atomic E-state index is 10.9. The molecular formula is C7H11NO4. The van der Waals surface area contributed by atoms with Crippen LogP contribution in [0.1, 0.15) is 6.92 Å². The van der Waals surface area contributed by atoms with Gasteiger partial charge in [-0.05, 0) is 6.92 Å². The van der Waals surface area contributed by atoms with Gasteiger partial charge in [0.05, 0.1) is 6.61 Å². The van der Waals surface area contributed by atoms with Gasteiger partial charge in [0.2, 0.25) is 6.41 Å². The van der Waals surface area contributed by atoms with Crippen molar-refractivity contribution in [1.29, 1.82) is 0 Å². The average molecular weight is 173 g/mol. The minimum Gasteiger partial charge on any atom is -0.464 e. The number of carbonyl (C=O) groups is 3. The van der Waals surface area contributed by atoms with Crippen LogP contribution in [0, 0.1) is 0 Å². The summed E-state index contributed by atoms with van der Waals surface area (Å²) in [6.07, 6.45) is 0.766. The minimum atomic E-state index is -1.12. The Balaban J connectivity index is 4.22. The molecule has 0 fully saturated rings. The molecule has 0 bridgehead atoms. The van der Waals surface area contributed by atoms with Crippen molar-refractivity contribution in [1.82, 2.24) is 4.90 Å². The van der Waals surface area contributed by atoms with Crippen molar-refractivity contribution < 1.29 is 19.1 Å². The first-order valence-electron chi connectivity index (χ1n) is 3.46. The zero-order valence-electron chi connectivity index (χ0n) is 7.02. The highest BCUT2D eigenvalue weighted by Crippen LogP contribution is 1.93. The second kappa shape index (κ2) is 5.29. The zero-order valence-corrected chi connectivity index (χ0v) is 7.02. The maximum Gasteiger partial charge on any atom is 0.336 e. The van der Waals surface area contributed by atoms with E-state index in [2.05, 4.69) is 4.74 Å². The molecule has 0 rings (SSSR count). The van der Waals surface area contributed by atoms with E-state index in [4.69, 9.17) is 0 Å². The van der Waals surface area contributed by atoms with Gasteiger partial charge in [-0.1, -0.05) is 0 Å². The standard InChI is InChI=1S/C7H11NO4/c1-3-12-7(11)6(4-9)8(2)5-10/h4-6H,3H2,1-2H3. The van der Waals surface area contributed by atoms with Crippen molar-refractivity contribution in [3.63, 3.8) is 0 Å². The molecule has 0 aliphatic heterocycles. The summed E-state index contributed by atoms with van der Waals surface area (Å²) in [5.41, 5.74) is 0. The third-order valence-electron chi connectivity index (χ3n) is 1.26. The van der Waals surface area contributed by atoms with Gasteiger partial charge in [0.15, 0.2) is 12.3 Å². The summed E-state index contributed by atoms with van der Waals surface area (Å²) in [4.78, 5) is 32.4. The number of hydrogen-bond donors (Lipinski definition) is 0. The number of hydrogen-bond acceptors (Lipinski definition) is 4. The fraction of sp³-hybridized carbons (Fsp3) is 0.571. The molecule has 0 spiro atoms. The molecule has 0 N–H and O–H groups in total. The molecular weight excluding hydrogens is 162 g/mol. The van der Waals surface area contributed by atoms with E-state index in [9.17, 15) is 14.4 Å². The Morgan fingerprint density at radius 3 is 2.50 bits per heavy atom. The lowest BCUT2D eigenvalue weighted by atomic mass is 10.3. The SMILES string of the molecule is CCOC(=O)C(C=O)N(C)C=O. The van der Waals surface area contributed by atoms with Crippen molar-refractivity contribution in [2.45, 2.75) is 13.0 Å².